The average molecular weight is 353 g/mol. The number of H-pyrrole nitrogens is 1. The van der Waals surface area contributed by atoms with Crippen LogP contribution in [0.1, 0.15) is 24.3 Å². The highest BCUT2D eigenvalue weighted by Crippen LogP contribution is 2.41. The standard InChI is InChI=1S/C19H23N5O2/c1-2-16(25)23-8-13-9-24(15(13)10-23)19-17-14(12-3-5-26-6-4-12)7-20-18(17)21-11-22-19/h2,7,11-13,15H,1,3-6,8-10H2,(H,20,21,22)/t13-,15-/m1/s1. The number of hydrogen-bond donors (Lipinski definition) is 1. The van der Waals surface area contributed by atoms with Gasteiger partial charge in [-0.25, -0.2) is 9.97 Å². The van der Waals surface area contributed by atoms with E-state index in [0.29, 0.717) is 17.9 Å². The SMILES string of the molecule is C=CC(=O)N1C[C@@H]2CN(c3ncnc4[nH]cc(C5CCOCC5)c34)[C@@H]2C1. The first-order valence-electron chi connectivity index (χ1n) is 9.34. The van der Waals surface area contributed by atoms with E-state index in [-0.39, 0.29) is 5.91 Å². The third-order valence-corrected chi connectivity index (χ3v) is 6.14. The van der Waals surface area contributed by atoms with Crippen LogP contribution in [0.15, 0.2) is 25.2 Å². The van der Waals surface area contributed by atoms with Gasteiger partial charge in [-0.15, -0.1) is 0 Å². The first kappa shape index (κ1) is 15.8. The molecule has 0 unspecified atom stereocenters. The molecule has 3 saturated heterocycles. The monoisotopic (exact) mass is 353 g/mol. The van der Waals surface area contributed by atoms with Crippen LogP contribution in [0.25, 0.3) is 11.0 Å². The molecule has 2 aromatic rings. The number of rotatable bonds is 3. The Labute approximate surface area is 152 Å². The minimum absolute atomic E-state index is 0.0247. The normalized spacial score (nSPS) is 26.0. The van der Waals surface area contributed by atoms with Gasteiger partial charge in [-0.2, -0.15) is 0 Å². The summed E-state index contributed by atoms with van der Waals surface area (Å²) in [6, 6.07) is 0.342. The van der Waals surface area contributed by atoms with Crippen molar-refractivity contribution in [3.05, 3.63) is 30.7 Å². The van der Waals surface area contributed by atoms with E-state index in [2.05, 4.69) is 32.6 Å². The maximum Gasteiger partial charge on any atom is 0.246 e. The van der Waals surface area contributed by atoms with Crippen molar-refractivity contribution in [2.75, 3.05) is 37.7 Å². The number of nitrogens with one attached hydrogen (secondary N) is 1. The number of aromatic amines is 1. The van der Waals surface area contributed by atoms with Crippen molar-refractivity contribution in [1.82, 2.24) is 19.9 Å². The lowest BCUT2D eigenvalue weighted by molar-refractivity contribution is -0.125. The van der Waals surface area contributed by atoms with Crippen LogP contribution in [0.4, 0.5) is 5.82 Å². The molecular formula is C19H23N5O2. The van der Waals surface area contributed by atoms with Crippen molar-refractivity contribution in [2.24, 2.45) is 5.92 Å². The smallest absolute Gasteiger partial charge is 0.246 e. The number of nitrogens with zero attached hydrogens (tertiary/aromatic N) is 4. The fourth-order valence-electron chi connectivity index (χ4n) is 4.71. The summed E-state index contributed by atoms with van der Waals surface area (Å²) < 4.78 is 5.52. The highest BCUT2D eigenvalue weighted by molar-refractivity contribution is 5.92. The molecule has 5 rings (SSSR count). The molecule has 136 valence electrons. The number of carbonyl (C=O) groups is 1. The minimum atomic E-state index is 0.0247. The quantitative estimate of drug-likeness (QED) is 0.850. The predicted octanol–water partition coefficient (Wildman–Crippen LogP) is 1.68. The van der Waals surface area contributed by atoms with Gasteiger partial charge < -0.3 is 19.5 Å². The first-order valence-corrected chi connectivity index (χ1v) is 9.34. The van der Waals surface area contributed by atoms with E-state index in [4.69, 9.17) is 4.74 Å². The molecule has 0 aromatic carbocycles. The summed E-state index contributed by atoms with van der Waals surface area (Å²) in [5, 5.41) is 1.14. The van der Waals surface area contributed by atoms with Crippen LogP contribution >= 0.6 is 0 Å². The lowest BCUT2D eigenvalue weighted by Gasteiger charge is -2.44. The molecule has 1 N–H and O–H groups in total. The largest absolute Gasteiger partial charge is 0.381 e. The molecular weight excluding hydrogens is 330 g/mol. The number of likely N-dealkylation sites (tertiary alicyclic amines) is 1. The van der Waals surface area contributed by atoms with E-state index in [9.17, 15) is 4.79 Å². The van der Waals surface area contributed by atoms with Crippen LogP contribution < -0.4 is 4.90 Å². The lowest BCUT2D eigenvalue weighted by atomic mass is 9.89. The Kier molecular flexibility index (Phi) is 3.70. The zero-order valence-electron chi connectivity index (χ0n) is 14.7. The fraction of sp³-hybridized carbons (Fsp3) is 0.526. The van der Waals surface area contributed by atoms with Gasteiger partial charge in [-0.05, 0) is 30.4 Å². The van der Waals surface area contributed by atoms with E-state index in [0.717, 1.165) is 62.5 Å². The number of ether oxygens (including phenoxy) is 1. The van der Waals surface area contributed by atoms with Crippen LogP contribution in [0, 0.1) is 5.92 Å². The van der Waals surface area contributed by atoms with E-state index in [1.165, 1.54) is 11.6 Å². The van der Waals surface area contributed by atoms with Crippen LogP contribution in [0.2, 0.25) is 0 Å². The van der Waals surface area contributed by atoms with Gasteiger partial charge in [0.25, 0.3) is 0 Å². The van der Waals surface area contributed by atoms with Gasteiger partial charge in [-0.3, -0.25) is 4.79 Å². The van der Waals surface area contributed by atoms with Crippen molar-refractivity contribution in [1.29, 1.82) is 0 Å². The molecule has 3 aliphatic rings. The third kappa shape index (κ3) is 2.34. The van der Waals surface area contributed by atoms with Crippen LogP contribution in [0.5, 0.6) is 0 Å². The molecule has 0 aliphatic carbocycles. The topological polar surface area (TPSA) is 74.4 Å². The van der Waals surface area contributed by atoms with Gasteiger partial charge in [0.15, 0.2) is 0 Å². The van der Waals surface area contributed by atoms with E-state index < -0.39 is 0 Å². The number of carbonyl (C=O) groups excluding carboxylic acids is 1. The Morgan fingerprint density at radius 2 is 2.12 bits per heavy atom. The summed E-state index contributed by atoms with van der Waals surface area (Å²) in [6.45, 7) is 7.74. The second-order valence-electron chi connectivity index (χ2n) is 7.48. The van der Waals surface area contributed by atoms with Gasteiger partial charge >= 0.3 is 0 Å². The minimum Gasteiger partial charge on any atom is -0.381 e. The molecule has 0 saturated carbocycles. The third-order valence-electron chi connectivity index (χ3n) is 6.14. The zero-order chi connectivity index (χ0) is 17.7. The molecule has 0 radical (unpaired) electrons. The predicted molar refractivity (Wildman–Crippen MR) is 98.1 cm³/mol. The van der Waals surface area contributed by atoms with E-state index in [1.807, 2.05) is 4.90 Å². The number of fused-ring (bicyclic) bond motifs is 2. The maximum absolute atomic E-state index is 12.0. The summed E-state index contributed by atoms with van der Waals surface area (Å²) in [6.07, 6.45) is 7.21. The molecule has 3 fully saturated rings. The zero-order valence-corrected chi connectivity index (χ0v) is 14.7. The summed E-state index contributed by atoms with van der Waals surface area (Å²) in [4.78, 5) is 28.6. The second-order valence-corrected chi connectivity index (χ2v) is 7.48. The molecule has 7 nitrogen and oxygen atoms in total. The second kappa shape index (κ2) is 6.09. The van der Waals surface area contributed by atoms with Gasteiger partial charge in [0.1, 0.15) is 17.8 Å². The van der Waals surface area contributed by atoms with Gasteiger partial charge in [0, 0.05) is 45.0 Å². The summed E-state index contributed by atoms with van der Waals surface area (Å²) in [5.41, 5.74) is 2.20. The molecule has 0 bridgehead atoms. The van der Waals surface area contributed by atoms with E-state index >= 15 is 0 Å². The van der Waals surface area contributed by atoms with Crippen molar-refractivity contribution >= 4 is 22.8 Å². The Morgan fingerprint density at radius 3 is 2.92 bits per heavy atom. The lowest BCUT2D eigenvalue weighted by Crippen LogP contribution is -2.56. The van der Waals surface area contributed by atoms with Crippen molar-refractivity contribution in [3.8, 4) is 0 Å². The van der Waals surface area contributed by atoms with Gasteiger partial charge in [-0.1, -0.05) is 6.58 Å². The summed E-state index contributed by atoms with van der Waals surface area (Å²) in [7, 11) is 0. The van der Waals surface area contributed by atoms with E-state index in [1.54, 1.807) is 6.33 Å². The number of aromatic nitrogens is 3. The van der Waals surface area contributed by atoms with Crippen LogP contribution in [-0.2, 0) is 9.53 Å². The molecule has 0 spiro atoms. The summed E-state index contributed by atoms with van der Waals surface area (Å²) in [5.74, 6) is 2.04. The number of anilines is 1. The molecule has 26 heavy (non-hydrogen) atoms. The molecule has 5 heterocycles. The summed E-state index contributed by atoms with van der Waals surface area (Å²) >= 11 is 0. The first-order chi connectivity index (χ1) is 12.8. The van der Waals surface area contributed by atoms with Crippen LogP contribution in [-0.4, -0.2) is 64.6 Å². The number of hydrogen-bond acceptors (Lipinski definition) is 5. The van der Waals surface area contributed by atoms with Gasteiger partial charge in [0.05, 0.1) is 11.4 Å². The molecule has 2 aromatic heterocycles. The Balaban J connectivity index is 1.47. The molecule has 1 amide bonds. The van der Waals surface area contributed by atoms with Crippen molar-refractivity contribution in [3.63, 3.8) is 0 Å². The van der Waals surface area contributed by atoms with Crippen LogP contribution in [0.3, 0.4) is 0 Å². The average Bonchev–Trinajstić information content (AvgIpc) is 3.25. The fourth-order valence-corrected chi connectivity index (χ4v) is 4.71. The highest BCUT2D eigenvalue weighted by Gasteiger charge is 2.47. The molecule has 2 atom stereocenters. The Bertz CT molecular complexity index is 857. The maximum atomic E-state index is 12.0. The highest BCUT2D eigenvalue weighted by atomic mass is 16.5. The Hall–Kier alpha value is -2.41. The van der Waals surface area contributed by atoms with Crippen molar-refractivity contribution < 1.29 is 9.53 Å². The van der Waals surface area contributed by atoms with Crippen molar-refractivity contribution in [2.45, 2.75) is 24.8 Å². The molecule has 3 aliphatic heterocycles. The molecule has 7 heteroatoms. The number of amides is 1. The Morgan fingerprint density at radius 1 is 1.27 bits per heavy atom. The van der Waals surface area contributed by atoms with Gasteiger partial charge in [0.2, 0.25) is 5.91 Å².